The molecule has 1 rings (SSSR count). The number of nitrogens with one attached hydrogen (secondary N) is 1. The van der Waals surface area contributed by atoms with E-state index >= 15 is 0 Å². The van der Waals surface area contributed by atoms with Crippen LogP contribution in [0.25, 0.3) is 0 Å². The molecule has 1 nitrogen and oxygen atoms in total. The van der Waals surface area contributed by atoms with Crippen LogP contribution in [0.4, 0.5) is 0 Å². The summed E-state index contributed by atoms with van der Waals surface area (Å²) in [5.41, 5.74) is 0. The zero-order chi connectivity index (χ0) is 12.3. The van der Waals surface area contributed by atoms with Crippen molar-refractivity contribution < 1.29 is 0 Å². The van der Waals surface area contributed by atoms with E-state index in [9.17, 15) is 0 Å². The molecule has 0 saturated heterocycles. The molecule has 0 aromatic carbocycles. The summed E-state index contributed by atoms with van der Waals surface area (Å²) in [5.74, 6) is 2.50. The molecule has 2 unspecified atom stereocenters. The average Bonchev–Trinajstić information content (AvgIpc) is 2.80. The van der Waals surface area contributed by atoms with Crippen LogP contribution in [-0.4, -0.2) is 19.0 Å². The van der Waals surface area contributed by atoms with E-state index in [-0.39, 0.29) is 0 Å². The quantitative estimate of drug-likeness (QED) is 0.447. The van der Waals surface area contributed by atoms with Crippen LogP contribution in [0.2, 0.25) is 0 Å². The summed E-state index contributed by atoms with van der Waals surface area (Å²) in [7, 11) is 0. The van der Waals surface area contributed by atoms with E-state index in [0.717, 1.165) is 17.7 Å². The Hall–Kier alpha value is 0.250. The van der Waals surface area contributed by atoms with Gasteiger partial charge < -0.3 is 5.32 Å². The van der Waals surface area contributed by atoms with Crippen LogP contribution in [-0.2, 0) is 0 Å². The van der Waals surface area contributed by atoms with Gasteiger partial charge in [-0.2, -0.15) is 0 Å². The molecule has 0 aliphatic heterocycles. The van der Waals surface area contributed by atoms with Gasteiger partial charge in [0, 0.05) is 5.88 Å². The summed E-state index contributed by atoms with van der Waals surface area (Å²) in [6.07, 6.45) is 12.5. The summed E-state index contributed by atoms with van der Waals surface area (Å²) in [6, 6.07) is 0. The van der Waals surface area contributed by atoms with Crippen LogP contribution in [0.15, 0.2) is 0 Å². The fourth-order valence-electron chi connectivity index (χ4n) is 2.90. The molecular formula is C15H30ClN. The van der Waals surface area contributed by atoms with Crippen molar-refractivity contribution in [3.05, 3.63) is 0 Å². The number of alkyl halides is 1. The topological polar surface area (TPSA) is 12.0 Å². The molecule has 0 heterocycles. The Bertz CT molecular complexity index is 172. The second-order valence-corrected chi connectivity index (χ2v) is 5.89. The summed E-state index contributed by atoms with van der Waals surface area (Å²) in [4.78, 5) is 0. The molecule has 0 radical (unpaired) electrons. The predicted molar refractivity (Wildman–Crippen MR) is 77.8 cm³/mol. The molecular weight excluding hydrogens is 230 g/mol. The zero-order valence-electron chi connectivity index (χ0n) is 11.5. The summed E-state index contributed by atoms with van der Waals surface area (Å²) in [6.45, 7) is 4.68. The molecule has 1 saturated carbocycles. The van der Waals surface area contributed by atoms with E-state index in [1.165, 1.54) is 70.9 Å². The predicted octanol–water partition coefficient (Wildman–Crippen LogP) is 4.59. The highest BCUT2D eigenvalue weighted by atomic mass is 35.5. The molecule has 0 spiro atoms. The lowest BCUT2D eigenvalue weighted by molar-refractivity contribution is 0.393. The van der Waals surface area contributed by atoms with E-state index in [2.05, 4.69) is 12.2 Å². The third-order valence-electron chi connectivity index (χ3n) is 4.13. The van der Waals surface area contributed by atoms with Crippen molar-refractivity contribution in [2.45, 2.75) is 64.7 Å². The fourth-order valence-corrected chi connectivity index (χ4v) is 3.31. The monoisotopic (exact) mass is 259 g/mol. The van der Waals surface area contributed by atoms with Gasteiger partial charge in [0.2, 0.25) is 0 Å². The van der Waals surface area contributed by atoms with Gasteiger partial charge in [0.05, 0.1) is 0 Å². The second-order valence-electron chi connectivity index (χ2n) is 5.58. The van der Waals surface area contributed by atoms with Gasteiger partial charge >= 0.3 is 0 Å². The number of unbranched alkanes of at least 4 members (excludes halogenated alkanes) is 5. The Morgan fingerprint density at radius 2 is 1.71 bits per heavy atom. The van der Waals surface area contributed by atoms with E-state index in [1.807, 2.05) is 0 Å². The third-order valence-corrected chi connectivity index (χ3v) is 4.52. The summed E-state index contributed by atoms with van der Waals surface area (Å²) >= 11 is 5.99. The number of rotatable bonds is 10. The average molecular weight is 260 g/mol. The van der Waals surface area contributed by atoms with Crippen LogP contribution < -0.4 is 5.32 Å². The van der Waals surface area contributed by atoms with Gasteiger partial charge in [0.25, 0.3) is 0 Å². The number of hydrogen-bond acceptors (Lipinski definition) is 1. The minimum atomic E-state index is 0.786. The van der Waals surface area contributed by atoms with Gasteiger partial charge in [-0.15, -0.1) is 11.6 Å². The maximum absolute atomic E-state index is 5.99. The Morgan fingerprint density at radius 3 is 2.47 bits per heavy atom. The van der Waals surface area contributed by atoms with Crippen molar-refractivity contribution >= 4 is 11.6 Å². The molecule has 1 N–H and O–H groups in total. The highest BCUT2D eigenvalue weighted by Gasteiger charge is 2.25. The van der Waals surface area contributed by atoms with Gasteiger partial charge in [-0.05, 0) is 44.2 Å². The van der Waals surface area contributed by atoms with E-state index in [4.69, 9.17) is 11.6 Å². The largest absolute Gasteiger partial charge is 0.316 e. The standard InChI is InChI=1S/C15H30ClN/c1-2-3-4-5-6-7-11-17-13-15-10-8-9-14(15)12-16/h14-15,17H,2-13H2,1H3. The molecule has 0 bridgehead atoms. The molecule has 0 aromatic heterocycles. The van der Waals surface area contributed by atoms with Crippen LogP contribution in [0.1, 0.15) is 64.7 Å². The molecule has 102 valence electrons. The molecule has 17 heavy (non-hydrogen) atoms. The molecule has 2 heteroatoms. The smallest absolute Gasteiger partial charge is 0.0254 e. The van der Waals surface area contributed by atoms with Gasteiger partial charge in [0.1, 0.15) is 0 Å². The van der Waals surface area contributed by atoms with Crippen LogP contribution in [0, 0.1) is 11.8 Å². The maximum atomic E-state index is 5.99. The second kappa shape index (κ2) is 10.2. The number of hydrogen-bond donors (Lipinski definition) is 1. The molecule has 2 atom stereocenters. The van der Waals surface area contributed by atoms with E-state index in [0.29, 0.717) is 0 Å². The lowest BCUT2D eigenvalue weighted by atomic mass is 9.98. The van der Waals surface area contributed by atoms with Crippen LogP contribution in [0.3, 0.4) is 0 Å². The first kappa shape index (κ1) is 15.3. The van der Waals surface area contributed by atoms with Gasteiger partial charge in [-0.1, -0.05) is 45.4 Å². The first-order valence-corrected chi connectivity index (χ1v) is 8.18. The van der Waals surface area contributed by atoms with Crippen LogP contribution >= 0.6 is 11.6 Å². The minimum Gasteiger partial charge on any atom is -0.316 e. The normalized spacial score (nSPS) is 24.4. The molecule has 1 aliphatic rings. The van der Waals surface area contributed by atoms with Crippen molar-refractivity contribution in [2.24, 2.45) is 11.8 Å². The Morgan fingerprint density at radius 1 is 1.00 bits per heavy atom. The van der Waals surface area contributed by atoms with Crippen molar-refractivity contribution in [3.8, 4) is 0 Å². The summed E-state index contributed by atoms with van der Waals surface area (Å²) < 4.78 is 0. The van der Waals surface area contributed by atoms with Crippen molar-refractivity contribution in [3.63, 3.8) is 0 Å². The first-order chi connectivity index (χ1) is 8.38. The maximum Gasteiger partial charge on any atom is 0.0254 e. The Labute approximate surface area is 113 Å². The van der Waals surface area contributed by atoms with Crippen LogP contribution in [0.5, 0.6) is 0 Å². The van der Waals surface area contributed by atoms with E-state index in [1.54, 1.807) is 0 Å². The van der Waals surface area contributed by atoms with Gasteiger partial charge in [-0.25, -0.2) is 0 Å². The Kier molecular flexibility index (Phi) is 9.18. The van der Waals surface area contributed by atoms with E-state index < -0.39 is 0 Å². The number of halogens is 1. The first-order valence-electron chi connectivity index (χ1n) is 7.65. The van der Waals surface area contributed by atoms with Crippen molar-refractivity contribution in [1.82, 2.24) is 5.32 Å². The van der Waals surface area contributed by atoms with Gasteiger partial charge in [-0.3, -0.25) is 0 Å². The third kappa shape index (κ3) is 6.67. The SMILES string of the molecule is CCCCCCCCNCC1CCCC1CCl. The highest BCUT2D eigenvalue weighted by Crippen LogP contribution is 2.31. The van der Waals surface area contributed by atoms with Gasteiger partial charge in [0.15, 0.2) is 0 Å². The summed E-state index contributed by atoms with van der Waals surface area (Å²) in [5, 5.41) is 3.62. The minimum absolute atomic E-state index is 0.786. The lowest BCUT2D eigenvalue weighted by Crippen LogP contribution is -2.26. The zero-order valence-corrected chi connectivity index (χ0v) is 12.3. The van der Waals surface area contributed by atoms with Crippen molar-refractivity contribution in [2.75, 3.05) is 19.0 Å². The molecule has 0 aromatic rings. The van der Waals surface area contributed by atoms with Crippen molar-refractivity contribution in [1.29, 1.82) is 0 Å². The molecule has 0 amide bonds. The Balaban J connectivity index is 1.87. The highest BCUT2D eigenvalue weighted by molar-refractivity contribution is 6.18. The fraction of sp³-hybridized carbons (Fsp3) is 1.00. The molecule has 1 fully saturated rings. The lowest BCUT2D eigenvalue weighted by Gasteiger charge is -2.17. The molecule has 1 aliphatic carbocycles.